The summed E-state index contributed by atoms with van der Waals surface area (Å²) in [6, 6.07) is 1.62. The molecule has 1 unspecified atom stereocenters. The van der Waals surface area contributed by atoms with E-state index in [1.807, 2.05) is 0 Å². The van der Waals surface area contributed by atoms with Gasteiger partial charge < -0.3 is 23.8 Å². The van der Waals surface area contributed by atoms with Crippen LogP contribution >= 0.6 is 0 Å². The summed E-state index contributed by atoms with van der Waals surface area (Å²) in [6.07, 6.45) is -14.6. The van der Waals surface area contributed by atoms with Gasteiger partial charge in [0.2, 0.25) is 12.4 Å². The van der Waals surface area contributed by atoms with Gasteiger partial charge in [-0.25, -0.2) is 4.79 Å². The number of nitrogens with zero attached hydrogens (tertiary/aromatic N) is 1. The van der Waals surface area contributed by atoms with Crippen LogP contribution in [-0.2, 0) is 30.3 Å². The summed E-state index contributed by atoms with van der Waals surface area (Å²) in [6.45, 7) is 2.06. The van der Waals surface area contributed by atoms with Crippen LogP contribution in [0.5, 0.6) is 11.5 Å². The predicted molar refractivity (Wildman–Crippen MR) is 105 cm³/mol. The summed E-state index contributed by atoms with van der Waals surface area (Å²) in [7, 11) is 0. The maximum Gasteiger partial charge on any atom is 0.573 e. The molecule has 0 bridgehead atoms. The van der Waals surface area contributed by atoms with E-state index in [1.165, 1.54) is 6.92 Å². The number of rotatable bonds is 10. The topological polar surface area (TPSA) is 123 Å². The van der Waals surface area contributed by atoms with Gasteiger partial charge in [0, 0.05) is 18.9 Å². The molecule has 0 radical (unpaired) electrons. The number of fused-ring (bicyclic) bond motifs is 1. The number of aryl methyl sites for hydroxylation is 1. The molecule has 1 aliphatic heterocycles. The summed E-state index contributed by atoms with van der Waals surface area (Å²) < 4.78 is 97.2. The van der Waals surface area contributed by atoms with E-state index in [4.69, 9.17) is 14.2 Å². The van der Waals surface area contributed by atoms with Gasteiger partial charge in [0.05, 0.1) is 12.2 Å². The summed E-state index contributed by atoms with van der Waals surface area (Å²) in [5.74, 6) is -3.72. The molecule has 10 nitrogen and oxygen atoms in total. The van der Waals surface area contributed by atoms with Gasteiger partial charge in [0.1, 0.15) is 11.5 Å². The number of halogens is 6. The van der Waals surface area contributed by atoms with Gasteiger partial charge in [-0.05, 0) is 36.6 Å². The molecular weight excluding hydrogens is 512 g/mol. The van der Waals surface area contributed by atoms with E-state index in [0.717, 1.165) is 19.1 Å². The van der Waals surface area contributed by atoms with E-state index < -0.39 is 59.9 Å². The lowest BCUT2D eigenvalue weighted by Gasteiger charge is -2.30. The van der Waals surface area contributed by atoms with E-state index in [0.29, 0.717) is 6.08 Å². The lowest BCUT2D eigenvalue weighted by atomic mass is 9.97. The average molecular weight is 531 g/mol. The Morgan fingerprint density at radius 3 is 2.39 bits per heavy atom. The van der Waals surface area contributed by atoms with Crippen LogP contribution in [0.25, 0.3) is 6.08 Å². The maximum atomic E-state index is 13.7. The molecule has 36 heavy (non-hydrogen) atoms. The van der Waals surface area contributed by atoms with Crippen LogP contribution in [0.1, 0.15) is 37.8 Å². The zero-order chi connectivity index (χ0) is 27.3. The molecule has 2 rings (SSSR count). The molecule has 0 spiro atoms. The van der Waals surface area contributed by atoms with Crippen molar-refractivity contribution in [1.29, 1.82) is 0 Å². The summed E-state index contributed by atoms with van der Waals surface area (Å²) in [5, 5.41) is 8.96. The van der Waals surface area contributed by atoms with E-state index >= 15 is 0 Å². The molecule has 0 fully saturated rings. The van der Waals surface area contributed by atoms with Gasteiger partial charge in [0.25, 0.3) is 5.09 Å². The first kappa shape index (κ1) is 28.5. The molecule has 0 N–H and O–H groups in total. The number of benzene rings is 1. The van der Waals surface area contributed by atoms with E-state index in [1.54, 1.807) is 0 Å². The average Bonchev–Trinajstić information content (AvgIpc) is 2.73. The largest absolute Gasteiger partial charge is 0.573 e. The number of esters is 2. The standard InChI is InChI=1S/C20H19F6NO9/c1-3-11-7-13(36-20(24,25)26)8-12-9-14(17(19(21,22)23)35-16(11)12)18(29)34-10(2)33-15(28)5-4-6-32-27(30)31/h7-10,17H,3-6H2,1-2H3/t10-,17?/m0/s1. The fraction of sp³-hybridized carbons (Fsp3) is 0.500. The highest BCUT2D eigenvalue weighted by Crippen LogP contribution is 2.42. The highest BCUT2D eigenvalue weighted by Gasteiger charge is 2.49. The number of hydrogen-bond acceptors (Lipinski definition) is 9. The monoisotopic (exact) mass is 531 g/mol. The number of carbonyl (C=O) groups excluding carboxylic acids is 2. The van der Waals surface area contributed by atoms with Crippen LogP contribution in [-0.4, -0.2) is 48.6 Å². The van der Waals surface area contributed by atoms with E-state index in [-0.39, 0.29) is 36.1 Å². The summed E-state index contributed by atoms with van der Waals surface area (Å²) in [5.41, 5.74) is -1.44. The smallest absolute Gasteiger partial charge is 0.475 e. The summed E-state index contributed by atoms with van der Waals surface area (Å²) >= 11 is 0. The van der Waals surface area contributed by atoms with Crippen LogP contribution in [0, 0.1) is 10.1 Å². The first-order valence-corrected chi connectivity index (χ1v) is 10.2. The van der Waals surface area contributed by atoms with Crippen molar-refractivity contribution in [2.75, 3.05) is 6.61 Å². The van der Waals surface area contributed by atoms with Crippen molar-refractivity contribution in [2.45, 2.75) is 58.0 Å². The Balaban J connectivity index is 2.24. The molecule has 1 aromatic carbocycles. The van der Waals surface area contributed by atoms with Gasteiger partial charge in [-0.3, -0.25) is 4.79 Å². The molecule has 0 saturated heterocycles. The van der Waals surface area contributed by atoms with Crippen LogP contribution in [0.3, 0.4) is 0 Å². The quantitative estimate of drug-likeness (QED) is 0.109. The molecule has 1 aromatic rings. The number of hydrogen-bond donors (Lipinski definition) is 0. The van der Waals surface area contributed by atoms with Crippen LogP contribution in [0.15, 0.2) is 17.7 Å². The minimum Gasteiger partial charge on any atom is -0.475 e. The Kier molecular flexibility index (Phi) is 8.99. The fourth-order valence-corrected chi connectivity index (χ4v) is 3.07. The summed E-state index contributed by atoms with van der Waals surface area (Å²) in [4.78, 5) is 38.2. The molecule has 0 aliphatic carbocycles. The Bertz CT molecular complexity index is 1020. The van der Waals surface area contributed by atoms with Gasteiger partial charge >= 0.3 is 24.5 Å². The third kappa shape index (κ3) is 8.20. The normalized spacial score (nSPS) is 16.1. The van der Waals surface area contributed by atoms with Crippen molar-refractivity contribution in [3.8, 4) is 11.5 Å². The van der Waals surface area contributed by atoms with Crippen molar-refractivity contribution in [3.63, 3.8) is 0 Å². The molecule has 2 atom stereocenters. The molecule has 1 aliphatic rings. The molecule has 0 saturated carbocycles. The van der Waals surface area contributed by atoms with Crippen molar-refractivity contribution in [3.05, 3.63) is 38.9 Å². The number of carbonyl (C=O) groups is 2. The van der Waals surface area contributed by atoms with Crippen molar-refractivity contribution >= 4 is 18.0 Å². The lowest BCUT2D eigenvalue weighted by Crippen LogP contribution is -2.41. The SMILES string of the molecule is CCc1cc(OC(F)(F)F)cc2c1OC(C(F)(F)F)C(C(=O)O[C@@H](C)OC(=O)CCCO[N+](=O)[O-])=C2. The molecule has 1 heterocycles. The van der Waals surface area contributed by atoms with Gasteiger partial charge in [0.15, 0.2) is 0 Å². The third-order valence-corrected chi connectivity index (χ3v) is 4.44. The molecule has 16 heteroatoms. The molecule has 0 aromatic heterocycles. The zero-order valence-electron chi connectivity index (χ0n) is 18.6. The Hall–Kier alpha value is -3.72. The second kappa shape index (κ2) is 11.3. The van der Waals surface area contributed by atoms with Crippen molar-refractivity contribution in [2.24, 2.45) is 0 Å². The Morgan fingerprint density at radius 2 is 1.83 bits per heavy atom. The maximum absolute atomic E-state index is 13.7. The van der Waals surface area contributed by atoms with Crippen molar-refractivity contribution in [1.82, 2.24) is 0 Å². The van der Waals surface area contributed by atoms with Crippen LogP contribution in [0.4, 0.5) is 26.3 Å². The minimum atomic E-state index is -5.12. The van der Waals surface area contributed by atoms with Gasteiger partial charge in [-0.1, -0.05) is 6.92 Å². The lowest BCUT2D eigenvalue weighted by molar-refractivity contribution is -0.757. The first-order chi connectivity index (χ1) is 16.6. The van der Waals surface area contributed by atoms with E-state index in [2.05, 4.69) is 9.57 Å². The van der Waals surface area contributed by atoms with Gasteiger partial charge in [-0.2, -0.15) is 13.2 Å². The van der Waals surface area contributed by atoms with E-state index in [9.17, 15) is 46.0 Å². The number of ether oxygens (including phenoxy) is 4. The second-order valence-corrected chi connectivity index (χ2v) is 7.16. The molecule has 200 valence electrons. The highest BCUT2D eigenvalue weighted by molar-refractivity contribution is 5.96. The van der Waals surface area contributed by atoms with Crippen LogP contribution in [0.2, 0.25) is 0 Å². The predicted octanol–water partition coefficient (Wildman–Crippen LogP) is 4.28. The third-order valence-electron chi connectivity index (χ3n) is 4.44. The fourth-order valence-electron chi connectivity index (χ4n) is 3.07. The van der Waals surface area contributed by atoms with Crippen molar-refractivity contribution < 1.29 is 64.8 Å². The van der Waals surface area contributed by atoms with Crippen LogP contribution < -0.4 is 9.47 Å². The zero-order valence-corrected chi connectivity index (χ0v) is 18.6. The van der Waals surface area contributed by atoms with Gasteiger partial charge in [-0.15, -0.1) is 23.3 Å². The number of alkyl halides is 6. The highest BCUT2D eigenvalue weighted by atomic mass is 19.4. The Labute approximate surface area is 198 Å². The first-order valence-electron chi connectivity index (χ1n) is 10.2. The Morgan fingerprint density at radius 1 is 1.17 bits per heavy atom. The second-order valence-electron chi connectivity index (χ2n) is 7.16. The molecule has 0 amide bonds. The molecular formula is C20H19F6NO9. The minimum absolute atomic E-state index is 0.0186.